The van der Waals surface area contributed by atoms with Crippen LogP contribution in [0.15, 0.2) is 36.1 Å². The van der Waals surface area contributed by atoms with Crippen molar-refractivity contribution in [3.63, 3.8) is 0 Å². The van der Waals surface area contributed by atoms with Crippen LogP contribution in [0.4, 0.5) is 0 Å². The predicted molar refractivity (Wildman–Crippen MR) is 58.5 cm³/mol. The van der Waals surface area contributed by atoms with E-state index in [1.165, 1.54) is 17.6 Å². The van der Waals surface area contributed by atoms with Crippen molar-refractivity contribution in [2.75, 3.05) is 0 Å². The van der Waals surface area contributed by atoms with E-state index in [9.17, 15) is 0 Å². The van der Waals surface area contributed by atoms with Gasteiger partial charge in [0.1, 0.15) is 0 Å². The van der Waals surface area contributed by atoms with Crippen molar-refractivity contribution in [1.29, 1.82) is 0 Å². The molecular formula is C12H19N. The average Bonchev–Trinajstić information content (AvgIpc) is 2.03. The van der Waals surface area contributed by atoms with Gasteiger partial charge in [-0.2, -0.15) is 0 Å². The van der Waals surface area contributed by atoms with Crippen molar-refractivity contribution in [3.05, 3.63) is 36.1 Å². The van der Waals surface area contributed by atoms with E-state index in [1.54, 1.807) is 0 Å². The van der Waals surface area contributed by atoms with Gasteiger partial charge in [-0.3, -0.25) is 0 Å². The molecule has 13 heavy (non-hydrogen) atoms. The van der Waals surface area contributed by atoms with Crippen LogP contribution in [0, 0.1) is 0 Å². The summed E-state index contributed by atoms with van der Waals surface area (Å²) in [5, 5.41) is 3.39. The lowest BCUT2D eigenvalue weighted by atomic mass is 9.91. The van der Waals surface area contributed by atoms with Crippen LogP contribution < -0.4 is 5.32 Å². The summed E-state index contributed by atoms with van der Waals surface area (Å²) in [5.41, 5.74) is 3.67. The quantitative estimate of drug-likeness (QED) is 0.698. The van der Waals surface area contributed by atoms with Crippen LogP contribution in [0.3, 0.4) is 0 Å². The molecule has 1 heteroatoms. The third kappa shape index (κ3) is 3.10. The minimum Gasteiger partial charge on any atom is -0.386 e. The van der Waals surface area contributed by atoms with Gasteiger partial charge in [0.25, 0.3) is 0 Å². The van der Waals surface area contributed by atoms with Crippen LogP contribution >= 0.6 is 0 Å². The summed E-state index contributed by atoms with van der Waals surface area (Å²) >= 11 is 0. The van der Waals surface area contributed by atoms with Gasteiger partial charge in [-0.05, 0) is 38.7 Å². The largest absolute Gasteiger partial charge is 0.386 e. The molecule has 1 N–H and O–H groups in total. The highest BCUT2D eigenvalue weighted by atomic mass is 14.9. The zero-order valence-electron chi connectivity index (χ0n) is 8.69. The SMILES string of the molecule is C=C(C)NC1CCC=C(C(=C)C)C1. The molecule has 1 rings (SSSR count). The molecule has 0 aromatic heterocycles. The lowest BCUT2D eigenvalue weighted by Crippen LogP contribution is -2.29. The second-order valence-corrected chi connectivity index (χ2v) is 3.91. The fourth-order valence-corrected chi connectivity index (χ4v) is 1.73. The summed E-state index contributed by atoms with van der Waals surface area (Å²) in [5.74, 6) is 0. The van der Waals surface area contributed by atoms with E-state index in [0.29, 0.717) is 6.04 Å². The molecule has 0 fully saturated rings. The minimum absolute atomic E-state index is 0.564. The van der Waals surface area contributed by atoms with Gasteiger partial charge in [0.2, 0.25) is 0 Å². The molecule has 0 bridgehead atoms. The predicted octanol–water partition coefficient (Wildman–Crippen LogP) is 3.16. The molecule has 1 aliphatic rings. The summed E-state index contributed by atoms with van der Waals surface area (Å²) in [6.45, 7) is 11.9. The van der Waals surface area contributed by atoms with Gasteiger partial charge in [0, 0.05) is 11.7 Å². The van der Waals surface area contributed by atoms with E-state index in [0.717, 1.165) is 18.5 Å². The van der Waals surface area contributed by atoms with Crippen molar-refractivity contribution in [2.24, 2.45) is 0 Å². The molecule has 0 aromatic carbocycles. The van der Waals surface area contributed by atoms with Gasteiger partial charge >= 0.3 is 0 Å². The van der Waals surface area contributed by atoms with Crippen LogP contribution in [0.2, 0.25) is 0 Å². The van der Waals surface area contributed by atoms with Crippen LogP contribution in [0.1, 0.15) is 33.1 Å². The fourth-order valence-electron chi connectivity index (χ4n) is 1.73. The van der Waals surface area contributed by atoms with Crippen molar-refractivity contribution in [3.8, 4) is 0 Å². The Hall–Kier alpha value is -0.980. The number of nitrogens with one attached hydrogen (secondary N) is 1. The molecule has 1 nitrogen and oxygen atoms in total. The Labute approximate surface area is 81.2 Å². The normalized spacial score (nSPS) is 22.0. The smallest absolute Gasteiger partial charge is 0.0301 e. The molecule has 0 aromatic rings. The van der Waals surface area contributed by atoms with Gasteiger partial charge in [0.05, 0.1) is 0 Å². The molecule has 0 amide bonds. The monoisotopic (exact) mass is 177 g/mol. The Kier molecular flexibility index (Phi) is 3.35. The molecule has 1 atom stereocenters. The van der Waals surface area contributed by atoms with Gasteiger partial charge < -0.3 is 5.32 Å². The molecular weight excluding hydrogens is 158 g/mol. The van der Waals surface area contributed by atoms with Gasteiger partial charge in [-0.25, -0.2) is 0 Å². The fraction of sp³-hybridized carbons (Fsp3) is 0.500. The third-order valence-electron chi connectivity index (χ3n) is 2.37. The Morgan fingerprint density at radius 1 is 1.46 bits per heavy atom. The van der Waals surface area contributed by atoms with E-state index in [2.05, 4.69) is 31.5 Å². The van der Waals surface area contributed by atoms with Crippen LogP contribution in [0.5, 0.6) is 0 Å². The first kappa shape index (κ1) is 10.1. The molecule has 0 saturated carbocycles. The molecule has 0 aliphatic heterocycles. The van der Waals surface area contributed by atoms with E-state index < -0.39 is 0 Å². The molecule has 72 valence electrons. The van der Waals surface area contributed by atoms with Crippen LogP contribution in [-0.2, 0) is 0 Å². The highest BCUT2D eigenvalue weighted by molar-refractivity contribution is 5.28. The Balaban J connectivity index is 2.52. The van der Waals surface area contributed by atoms with E-state index in [-0.39, 0.29) is 0 Å². The summed E-state index contributed by atoms with van der Waals surface area (Å²) in [6.07, 6.45) is 5.78. The van der Waals surface area contributed by atoms with E-state index in [4.69, 9.17) is 0 Å². The Morgan fingerprint density at radius 2 is 2.15 bits per heavy atom. The van der Waals surface area contributed by atoms with Crippen LogP contribution in [-0.4, -0.2) is 6.04 Å². The second-order valence-electron chi connectivity index (χ2n) is 3.91. The Morgan fingerprint density at radius 3 is 2.69 bits per heavy atom. The summed E-state index contributed by atoms with van der Waals surface area (Å²) in [7, 11) is 0. The van der Waals surface area contributed by atoms with Gasteiger partial charge in [0.15, 0.2) is 0 Å². The summed E-state index contributed by atoms with van der Waals surface area (Å²) in [4.78, 5) is 0. The first-order chi connectivity index (χ1) is 6.09. The average molecular weight is 177 g/mol. The third-order valence-corrected chi connectivity index (χ3v) is 2.37. The van der Waals surface area contributed by atoms with Crippen molar-refractivity contribution in [2.45, 2.75) is 39.2 Å². The molecule has 1 aliphatic carbocycles. The number of hydrogen-bond acceptors (Lipinski definition) is 1. The maximum absolute atomic E-state index is 3.97. The topological polar surface area (TPSA) is 12.0 Å². The standard InChI is InChI=1S/C12H19N/c1-9(2)11-6-5-7-12(8-11)13-10(3)4/h6,12-13H,1,3,5,7-8H2,2,4H3. The van der Waals surface area contributed by atoms with E-state index >= 15 is 0 Å². The van der Waals surface area contributed by atoms with Crippen molar-refractivity contribution >= 4 is 0 Å². The van der Waals surface area contributed by atoms with Crippen molar-refractivity contribution in [1.82, 2.24) is 5.32 Å². The molecule has 0 radical (unpaired) electrons. The molecule has 0 spiro atoms. The first-order valence-electron chi connectivity index (χ1n) is 4.86. The van der Waals surface area contributed by atoms with E-state index in [1.807, 2.05) is 6.92 Å². The van der Waals surface area contributed by atoms with Crippen molar-refractivity contribution < 1.29 is 0 Å². The number of allylic oxidation sites excluding steroid dienone is 3. The number of hydrogen-bond donors (Lipinski definition) is 1. The lowest BCUT2D eigenvalue weighted by molar-refractivity contribution is 0.509. The zero-order valence-corrected chi connectivity index (χ0v) is 8.69. The first-order valence-corrected chi connectivity index (χ1v) is 4.86. The van der Waals surface area contributed by atoms with Gasteiger partial charge in [-0.15, -0.1) is 0 Å². The maximum atomic E-state index is 3.97. The number of rotatable bonds is 3. The molecule has 0 saturated heterocycles. The molecule has 1 unspecified atom stereocenters. The summed E-state index contributed by atoms with van der Waals surface area (Å²) < 4.78 is 0. The Bertz CT molecular complexity index is 248. The lowest BCUT2D eigenvalue weighted by Gasteiger charge is -2.25. The minimum atomic E-state index is 0.564. The highest BCUT2D eigenvalue weighted by Crippen LogP contribution is 2.23. The van der Waals surface area contributed by atoms with Crippen LogP contribution in [0.25, 0.3) is 0 Å². The highest BCUT2D eigenvalue weighted by Gasteiger charge is 2.14. The van der Waals surface area contributed by atoms with Gasteiger partial charge in [-0.1, -0.05) is 24.8 Å². The maximum Gasteiger partial charge on any atom is 0.0301 e. The molecule has 0 heterocycles. The second kappa shape index (κ2) is 4.31. The zero-order chi connectivity index (χ0) is 9.84. The summed E-state index contributed by atoms with van der Waals surface area (Å²) in [6, 6.07) is 0.564.